The number of carbonyl (C=O) groups excluding carboxylic acids is 3. The maximum atomic E-state index is 14.3. The summed E-state index contributed by atoms with van der Waals surface area (Å²) in [5, 5.41) is 12.7. The van der Waals surface area contributed by atoms with Crippen molar-refractivity contribution in [2.24, 2.45) is 11.7 Å². The van der Waals surface area contributed by atoms with Crippen LogP contribution in [0, 0.1) is 5.92 Å². The molecule has 0 radical (unpaired) electrons. The van der Waals surface area contributed by atoms with E-state index >= 15 is 0 Å². The van der Waals surface area contributed by atoms with Gasteiger partial charge < -0.3 is 30.5 Å². The van der Waals surface area contributed by atoms with Crippen LogP contribution in [0.1, 0.15) is 18.5 Å². The van der Waals surface area contributed by atoms with Gasteiger partial charge in [-0.1, -0.05) is 16.6 Å². The van der Waals surface area contributed by atoms with Crippen LogP contribution in [0.15, 0.2) is 24.3 Å². The van der Waals surface area contributed by atoms with Crippen LogP contribution in [-0.4, -0.2) is 66.8 Å². The van der Waals surface area contributed by atoms with Gasteiger partial charge in [-0.2, -0.15) is 0 Å². The Balaban J connectivity index is 1.75. The molecule has 0 aromatic heterocycles. The number of primary amides is 1. The topological polar surface area (TPSA) is 134 Å². The second-order valence-corrected chi connectivity index (χ2v) is 7.10. The molecule has 29 heavy (non-hydrogen) atoms. The van der Waals surface area contributed by atoms with Gasteiger partial charge in [-0.15, -0.1) is 5.12 Å². The molecule has 5 unspecified atom stereocenters. The Morgan fingerprint density at radius 3 is 2.59 bits per heavy atom. The number of carbonyl (C=O) groups is 3. The van der Waals surface area contributed by atoms with Crippen LogP contribution in [0.4, 0.5) is 19.8 Å². The molecule has 11 heteroatoms. The van der Waals surface area contributed by atoms with Crippen molar-refractivity contribution in [2.75, 3.05) is 25.1 Å². The van der Waals surface area contributed by atoms with E-state index in [0.717, 1.165) is 5.69 Å². The second-order valence-electron chi connectivity index (χ2n) is 7.10. The lowest BCUT2D eigenvalue weighted by molar-refractivity contribution is -0.124. The molecular formula is C18H23FN4O6. The third-order valence-electron chi connectivity index (χ3n) is 5.29. The molecule has 2 aliphatic rings. The fourth-order valence-corrected chi connectivity index (χ4v) is 3.56. The zero-order valence-corrected chi connectivity index (χ0v) is 15.9. The van der Waals surface area contributed by atoms with Gasteiger partial charge in [0.15, 0.2) is 0 Å². The van der Waals surface area contributed by atoms with Gasteiger partial charge in [-0.05, 0) is 24.6 Å². The number of nitrogens with zero attached hydrogens (tertiary/aromatic N) is 2. The fraction of sp³-hybridized carbons (Fsp3) is 0.500. The molecule has 3 amide bonds. The summed E-state index contributed by atoms with van der Waals surface area (Å²) in [5.41, 5.74) is 6.45. The first-order chi connectivity index (χ1) is 13.7. The van der Waals surface area contributed by atoms with Gasteiger partial charge in [-0.25, -0.2) is 9.59 Å². The first-order valence-corrected chi connectivity index (χ1v) is 9.05. The molecule has 4 N–H and O–H groups in total. The van der Waals surface area contributed by atoms with Crippen molar-refractivity contribution in [1.82, 2.24) is 10.4 Å². The second kappa shape index (κ2) is 8.11. The van der Waals surface area contributed by atoms with E-state index in [0.29, 0.717) is 12.1 Å². The zero-order valence-electron chi connectivity index (χ0n) is 15.9. The molecule has 0 saturated carbocycles. The Bertz CT molecular complexity index is 791. The molecule has 2 heterocycles. The number of nitrogens with two attached hydrogens (primary N) is 1. The van der Waals surface area contributed by atoms with Crippen molar-refractivity contribution in [1.29, 1.82) is 0 Å². The van der Waals surface area contributed by atoms with E-state index in [-0.39, 0.29) is 11.7 Å². The van der Waals surface area contributed by atoms with Crippen molar-refractivity contribution < 1.29 is 33.4 Å². The van der Waals surface area contributed by atoms with Gasteiger partial charge in [0.2, 0.25) is 5.91 Å². The molecule has 0 spiro atoms. The first-order valence-electron chi connectivity index (χ1n) is 9.05. The van der Waals surface area contributed by atoms with Gasteiger partial charge in [0, 0.05) is 18.8 Å². The Hall–Kier alpha value is -3.08. The van der Waals surface area contributed by atoms with Crippen LogP contribution < -0.4 is 16.0 Å². The van der Waals surface area contributed by atoms with E-state index < -0.39 is 48.3 Å². The number of amides is 3. The summed E-state index contributed by atoms with van der Waals surface area (Å²) in [7, 11) is 1.24. The van der Waals surface area contributed by atoms with Crippen LogP contribution in [-0.2, 0) is 14.3 Å². The summed E-state index contributed by atoms with van der Waals surface area (Å²) in [6, 6.07) is 5.03. The number of alkyl carbamates (subject to hydrolysis) is 1. The Morgan fingerprint density at radius 1 is 1.34 bits per heavy atom. The van der Waals surface area contributed by atoms with Crippen molar-refractivity contribution in [3.05, 3.63) is 29.8 Å². The van der Waals surface area contributed by atoms with Crippen LogP contribution in [0.5, 0.6) is 0 Å². The number of nitrogens with one attached hydrogen (secondary N) is 1. The Labute approximate surface area is 166 Å². The number of hydrogen-bond donors (Lipinski definition) is 3. The van der Waals surface area contributed by atoms with E-state index in [4.69, 9.17) is 10.5 Å². The third kappa shape index (κ3) is 4.04. The number of cyclic esters (lactones) is 1. The molecule has 0 aliphatic carbocycles. The zero-order chi connectivity index (χ0) is 21.3. The minimum atomic E-state index is -1.17. The summed E-state index contributed by atoms with van der Waals surface area (Å²) in [6.45, 7) is 2.12. The van der Waals surface area contributed by atoms with Gasteiger partial charge >= 0.3 is 12.2 Å². The molecule has 2 aliphatic heterocycles. The van der Waals surface area contributed by atoms with Crippen LogP contribution in [0.2, 0.25) is 0 Å². The lowest BCUT2D eigenvalue weighted by Gasteiger charge is -2.23. The molecule has 2 saturated heterocycles. The standard InChI is InChI=1S/C18H23FN4O6/c1-9(16(20)25)15-14(23(19)18(27)29-15)10-3-5-11(6-4-10)22-7-12(13(24)8-22)21-17(26)28-2/h3-6,9,12-15,24H,7-8H2,1-2H3,(H2,20,25)(H,21,26). The average molecular weight is 410 g/mol. The number of aliphatic hydroxyl groups excluding tert-OH is 1. The third-order valence-corrected chi connectivity index (χ3v) is 5.29. The van der Waals surface area contributed by atoms with Gasteiger partial charge in [0.25, 0.3) is 0 Å². The molecular weight excluding hydrogens is 387 g/mol. The number of methoxy groups -OCH3 is 1. The summed E-state index contributed by atoms with van der Waals surface area (Å²) in [4.78, 5) is 36.4. The van der Waals surface area contributed by atoms with Crippen LogP contribution >= 0.6 is 0 Å². The fourth-order valence-electron chi connectivity index (χ4n) is 3.56. The number of rotatable bonds is 5. The van der Waals surface area contributed by atoms with Crippen molar-refractivity contribution in [3.8, 4) is 0 Å². The van der Waals surface area contributed by atoms with Crippen molar-refractivity contribution in [3.63, 3.8) is 0 Å². The molecule has 1 aromatic carbocycles. The number of β-amino-alcohol motifs (C(OH)–C–C–N with tert-alkyl or cyclic N) is 1. The predicted molar refractivity (Wildman–Crippen MR) is 98.3 cm³/mol. The summed E-state index contributed by atoms with van der Waals surface area (Å²) >= 11 is 0. The summed E-state index contributed by atoms with van der Waals surface area (Å²) < 4.78 is 23.8. The summed E-state index contributed by atoms with van der Waals surface area (Å²) in [5.74, 6) is -1.57. The van der Waals surface area contributed by atoms with E-state index in [1.54, 1.807) is 24.3 Å². The lowest BCUT2D eigenvalue weighted by Crippen LogP contribution is -2.42. The maximum Gasteiger partial charge on any atom is 0.439 e. The predicted octanol–water partition coefficient (Wildman–Crippen LogP) is 0.460. The monoisotopic (exact) mass is 410 g/mol. The summed E-state index contributed by atoms with van der Waals surface area (Å²) in [6.07, 6.45) is -3.62. The highest BCUT2D eigenvalue weighted by Gasteiger charge is 2.48. The minimum absolute atomic E-state index is 0.0466. The molecule has 1 aromatic rings. The number of aliphatic hydroxyl groups is 1. The molecule has 3 rings (SSSR count). The highest BCUT2D eigenvalue weighted by molar-refractivity contribution is 5.79. The number of halogens is 1. The van der Waals surface area contributed by atoms with E-state index in [2.05, 4.69) is 10.1 Å². The number of benzene rings is 1. The maximum absolute atomic E-state index is 14.3. The Kier molecular flexibility index (Phi) is 5.78. The molecule has 0 bridgehead atoms. The van der Waals surface area contributed by atoms with Gasteiger partial charge in [0.05, 0.1) is 25.2 Å². The molecule has 10 nitrogen and oxygen atoms in total. The molecule has 158 valence electrons. The SMILES string of the molecule is COC(=O)NC1CN(c2ccc(C3C(C(C)C(N)=O)OC(=O)N3F)cc2)CC1O. The lowest BCUT2D eigenvalue weighted by atomic mass is 9.92. The molecule has 2 fully saturated rings. The van der Waals surface area contributed by atoms with E-state index in [9.17, 15) is 24.0 Å². The quantitative estimate of drug-likeness (QED) is 0.600. The van der Waals surface area contributed by atoms with E-state index in [1.807, 2.05) is 4.90 Å². The van der Waals surface area contributed by atoms with Gasteiger partial charge in [0.1, 0.15) is 12.1 Å². The molecule has 5 atom stereocenters. The number of hydrogen-bond acceptors (Lipinski definition) is 7. The van der Waals surface area contributed by atoms with E-state index in [1.165, 1.54) is 14.0 Å². The smallest absolute Gasteiger partial charge is 0.439 e. The van der Waals surface area contributed by atoms with Gasteiger partial charge in [-0.3, -0.25) is 4.79 Å². The van der Waals surface area contributed by atoms with Crippen molar-refractivity contribution >= 4 is 23.8 Å². The largest absolute Gasteiger partial charge is 0.453 e. The van der Waals surface area contributed by atoms with Crippen molar-refractivity contribution in [2.45, 2.75) is 31.2 Å². The first kappa shape index (κ1) is 20.6. The normalized spacial score (nSPS) is 27.5. The van der Waals surface area contributed by atoms with Crippen LogP contribution in [0.3, 0.4) is 0 Å². The Morgan fingerprint density at radius 2 is 2.00 bits per heavy atom. The highest BCUT2D eigenvalue weighted by Crippen LogP contribution is 2.38. The average Bonchev–Trinajstić information content (AvgIpc) is 3.21. The minimum Gasteiger partial charge on any atom is -0.453 e. The van der Waals surface area contributed by atoms with Crippen LogP contribution in [0.25, 0.3) is 0 Å². The number of ether oxygens (including phenoxy) is 2. The highest BCUT2D eigenvalue weighted by atomic mass is 19.2. The number of anilines is 1.